The fourth-order valence-electron chi connectivity index (χ4n) is 0.636. The number of aliphatic hydroxyl groups is 1. The smallest absolute Gasteiger partial charge is 0.303 e. The van der Waals surface area contributed by atoms with Crippen LogP contribution < -0.4 is 5.32 Å². The Hall–Kier alpha value is -1.10. The Morgan fingerprint density at radius 3 is 2.42 bits per heavy atom. The van der Waals surface area contributed by atoms with Crippen LogP contribution in [0.1, 0.15) is 13.8 Å². The number of amides is 1. The zero-order valence-corrected chi connectivity index (χ0v) is 7.16. The van der Waals surface area contributed by atoms with E-state index in [1.807, 2.05) is 0 Å². The predicted molar refractivity (Wildman–Crippen MR) is 41.3 cm³/mol. The van der Waals surface area contributed by atoms with Crippen LogP contribution in [0.5, 0.6) is 0 Å². The number of hydrogen-bond acceptors (Lipinski definition) is 4. The molecule has 0 fully saturated rings. The highest BCUT2D eigenvalue weighted by atomic mass is 16.5. The van der Waals surface area contributed by atoms with Crippen LogP contribution in [-0.4, -0.2) is 36.2 Å². The standard InChI is InChI=1S/C7H13NO4/c1-5(10)8-3-7(4-9)12-6(2)11/h7,9H,3-4H2,1-2H3,(H,8,10). The third-order valence-electron chi connectivity index (χ3n) is 1.11. The first kappa shape index (κ1) is 10.9. The Kier molecular flexibility index (Phi) is 5.03. The van der Waals surface area contributed by atoms with Gasteiger partial charge in [-0.3, -0.25) is 9.59 Å². The van der Waals surface area contributed by atoms with E-state index < -0.39 is 12.1 Å². The van der Waals surface area contributed by atoms with Crippen molar-refractivity contribution in [2.45, 2.75) is 20.0 Å². The number of esters is 1. The Balaban J connectivity index is 3.67. The molecule has 1 amide bonds. The first-order chi connectivity index (χ1) is 5.56. The van der Waals surface area contributed by atoms with Crippen molar-refractivity contribution in [2.75, 3.05) is 13.2 Å². The molecule has 1 atom stereocenters. The van der Waals surface area contributed by atoms with Crippen LogP contribution in [-0.2, 0) is 14.3 Å². The normalized spacial score (nSPS) is 11.9. The molecule has 0 aliphatic carbocycles. The number of ether oxygens (including phenoxy) is 1. The monoisotopic (exact) mass is 175 g/mol. The molecule has 0 rings (SSSR count). The number of hydrogen-bond donors (Lipinski definition) is 2. The average molecular weight is 175 g/mol. The molecule has 0 radical (unpaired) electrons. The first-order valence-electron chi connectivity index (χ1n) is 3.58. The molecular weight excluding hydrogens is 162 g/mol. The molecule has 0 aliphatic heterocycles. The van der Waals surface area contributed by atoms with Crippen molar-refractivity contribution in [3.05, 3.63) is 0 Å². The lowest BCUT2D eigenvalue weighted by Crippen LogP contribution is -2.35. The Labute approximate surface area is 70.7 Å². The molecule has 2 N–H and O–H groups in total. The van der Waals surface area contributed by atoms with E-state index in [4.69, 9.17) is 5.11 Å². The zero-order chi connectivity index (χ0) is 9.56. The molecule has 0 spiro atoms. The van der Waals surface area contributed by atoms with Crippen LogP contribution in [0.4, 0.5) is 0 Å². The Morgan fingerprint density at radius 2 is 2.08 bits per heavy atom. The lowest BCUT2D eigenvalue weighted by molar-refractivity contribution is -0.148. The van der Waals surface area contributed by atoms with Gasteiger partial charge in [-0.1, -0.05) is 0 Å². The number of rotatable bonds is 4. The second kappa shape index (κ2) is 5.54. The predicted octanol–water partition coefficient (Wildman–Crippen LogP) is -0.954. The van der Waals surface area contributed by atoms with E-state index in [-0.39, 0.29) is 19.1 Å². The SMILES string of the molecule is CC(=O)NCC(CO)OC(C)=O. The lowest BCUT2D eigenvalue weighted by atomic mass is 10.3. The van der Waals surface area contributed by atoms with Gasteiger partial charge in [-0.05, 0) is 0 Å². The second-order valence-electron chi connectivity index (χ2n) is 2.35. The molecule has 0 bridgehead atoms. The summed E-state index contributed by atoms with van der Waals surface area (Å²) < 4.78 is 4.65. The van der Waals surface area contributed by atoms with Gasteiger partial charge in [-0.15, -0.1) is 0 Å². The van der Waals surface area contributed by atoms with Gasteiger partial charge in [0.25, 0.3) is 0 Å². The molecule has 0 aromatic rings. The van der Waals surface area contributed by atoms with E-state index in [2.05, 4.69) is 10.1 Å². The highest BCUT2D eigenvalue weighted by molar-refractivity contribution is 5.72. The maximum atomic E-state index is 10.4. The molecule has 0 aliphatic rings. The summed E-state index contributed by atoms with van der Waals surface area (Å²) in [6.07, 6.45) is -0.647. The summed E-state index contributed by atoms with van der Waals surface area (Å²) in [5, 5.41) is 11.1. The third kappa shape index (κ3) is 5.67. The van der Waals surface area contributed by atoms with E-state index in [1.54, 1.807) is 0 Å². The van der Waals surface area contributed by atoms with E-state index >= 15 is 0 Å². The fourth-order valence-corrected chi connectivity index (χ4v) is 0.636. The third-order valence-corrected chi connectivity index (χ3v) is 1.11. The Bertz CT molecular complexity index is 169. The van der Waals surface area contributed by atoms with E-state index in [9.17, 15) is 9.59 Å². The molecule has 5 nitrogen and oxygen atoms in total. The second-order valence-corrected chi connectivity index (χ2v) is 2.35. The van der Waals surface area contributed by atoms with Gasteiger partial charge >= 0.3 is 5.97 Å². The molecule has 12 heavy (non-hydrogen) atoms. The average Bonchev–Trinajstić information content (AvgIpc) is 1.97. The molecule has 0 heterocycles. The molecule has 70 valence electrons. The molecule has 0 aromatic carbocycles. The maximum Gasteiger partial charge on any atom is 0.303 e. The van der Waals surface area contributed by atoms with Crippen molar-refractivity contribution in [2.24, 2.45) is 0 Å². The maximum absolute atomic E-state index is 10.4. The zero-order valence-electron chi connectivity index (χ0n) is 7.16. The summed E-state index contributed by atoms with van der Waals surface area (Å²) in [6.45, 7) is 2.45. The molecule has 0 saturated heterocycles. The first-order valence-corrected chi connectivity index (χ1v) is 3.58. The Morgan fingerprint density at radius 1 is 1.50 bits per heavy atom. The minimum Gasteiger partial charge on any atom is -0.458 e. The molecule has 1 unspecified atom stereocenters. The summed E-state index contributed by atoms with van der Waals surface area (Å²) in [7, 11) is 0. The van der Waals surface area contributed by atoms with Gasteiger partial charge in [0.1, 0.15) is 6.10 Å². The van der Waals surface area contributed by atoms with Gasteiger partial charge in [-0.25, -0.2) is 0 Å². The van der Waals surface area contributed by atoms with Crippen molar-refractivity contribution in [1.29, 1.82) is 0 Å². The lowest BCUT2D eigenvalue weighted by Gasteiger charge is -2.13. The van der Waals surface area contributed by atoms with E-state index in [1.165, 1.54) is 13.8 Å². The van der Waals surface area contributed by atoms with Crippen molar-refractivity contribution >= 4 is 11.9 Å². The largest absolute Gasteiger partial charge is 0.458 e. The van der Waals surface area contributed by atoms with Crippen molar-refractivity contribution in [3.63, 3.8) is 0 Å². The molecular formula is C7H13NO4. The van der Waals surface area contributed by atoms with Crippen LogP contribution in [0.3, 0.4) is 0 Å². The fraction of sp³-hybridized carbons (Fsp3) is 0.714. The van der Waals surface area contributed by atoms with Crippen LogP contribution in [0, 0.1) is 0 Å². The van der Waals surface area contributed by atoms with Crippen molar-refractivity contribution in [1.82, 2.24) is 5.32 Å². The molecule has 0 aromatic heterocycles. The highest BCUT2D eigenvalue weighted by Crippen LogP contribution is 1.89. The summed E-state index contributed by atoms with van der Waals surface area (Å²) in [4.78, 5) is 20.8. The number of nitrogens with one attached hydrogen (secondary N) is 1. The summed E-state index contributed by atoms with van der Waals surface area (Å²) in [5.74, 6) is -0.694. The number of carbonyl (C=O) groups excluding carboxylic acids is 2. The van der Waals surface area contributed by atoms with Gasteiger partial charge in [0, 0.05) is 13.8 Å². The quantitative estimate of drug-likeness (QED) is 0.540. The molecule has 5 heteroatoms. The van der Waals surface area contributed by atoms with Gasteiger partial charge < -0.3 is 15.2 Å². The molecule has 0 saturated carbocycles. The summed E-state index contributed by atoms with van der Waals surface area (Å²) >= 11 is 0. The van der Waals surface area contributed by atoms with Crippen LogP contribution in [0.25, 0.3) is 0 Å². The van der Waals surface area contributed by atoms with Gasteiger partial charge in [-0.2, -0.15) is 0 Å². The van der Waals surface area contributed by atoms with Gasteiger partial charge in [0.05, 0.1) is 13.2 Å². The summed E-state index contributed by atoms with van der Waals surface area (Å²) in [5.41, 5.74) is 0. The van der Waals surface area contributed by atoms with E-state index in [0.717, 1.165) is 0 Å². The minimum atomic E-state index is -0.647. The number of aliphatic hydroxyl groups excluding tert-OH is 1. The minimum absolute atomic E-state index is 0.144. The van der Waals surface area contributed by atoms with Crippen molar-refractivity contribution < 1.29 is 19.4 Å². The van der Waals surface area contributed by atoms with Crippen LogP contribution in [0.15, 0.2) is 0 Å². The van der Waals surface area contributed by atoms with Gasteiger partial charge in [0.2, 0.25) is 5.91 Å². The van der Waals surface area contributed by atoms with Gasteiger partial charge in [0.15, 0.2) is 0 Å². The van der Waals surface area contributed by atoms with Crippen LogP contribution in [0.2, 0.25) is 0 Å². The topological polar surface area (TPSA) is 75.6 Å². The van der Waals surface area contributed by atoms with Crippen LogP contribution >= 0.6 is 0 Å². The summed E-state index contributed by atoms with van der Waals surface area (Å²) in [6, 6.07) is 0. The number of carbonyl (C=O) groups is 2. The van der Waals surface area contributed by atoms with E-state index in [0.29, 0.717) is 0 Å². The van der Waals surface area contributed by atoms with Crippen molar-refractivity contribution in [3.8, 4) is 0 Å². The highest BCUT2D eigenvalue weighted by Gasteiger charge is 2.10.